The summed E-state index contributed by atoms with van der Waals surface area (Å²) in [5, 5.41) is 0. The van der Waals surface area contributed by atoms with E-state index in [1.165, 1.54) is 0 Å². The van der Waals surface area contributed by atoms with E-state index in [1.54, 1.807) is 28.4 Å². The molecule has 8 aromatic carbocycles. The van der Waals surface area contributed by atoms with Crippen LogP contribution in [0.1, 0.15) is 22.3 Å². The number of nitrogens with zero attached hydrogens (tertiary/aromatic N) is 4. The zero-order valence-electron chi connectivity index (χ0n) is 38.9. The van der Waals surface area contributed by atoms with Gasteiger partial charge in [-0.1, -0.05) is 48.5 Å². The molecule has 0 saturated heterocycles. The molecule has 0 bridgehead atoms. The second-order valence-corrected chi connectivity index (χ2v) is 16.0. The number of methoxy groups -OCH3 is 4. The fourth-order valence-electron chi connectivity index (χ4n) is 8.14. The van der Waals surface area contributed by atoms with Crippen LogP contribution in [0.2, 0.25) is 0 Å². The second kappa shape index (κ2) is 20.2. The maximum absolute atomic E-state index is 5.43. The van der Waals surface area contributed by atoms with Gasteiger partial charge in [-0.15, -0.1) is 0 Å². The van der Waals surface area contributed by atoms with E-state index in [1.807, 2.05) is 48.5 Å². The summed E-state index contributed by atoms with van der Waals surface area (Å²) in [7, 11) is 15.1. The van der Waals surface area contributed by atoms with Crippen LogP contribution in [0.3, 0.4) is 0 Å². The minimum Gasteiger partial charge on any atom is -0.497 e. The maximum atomic E-state index is 5.43. The van der Waals surface area contributed by atoms with Crippen LogP contribution in [-0.2, 0) is 0 Å². The third-order valence-electron chi connectivity index (χ3n) is 12.3. The Morgan fingerprint density at radius 2 is 0.364 bits per heavy atom. The summed E-state index contributed by atoms with van der Waals surface area (Å²) in [4.78, 5) is 8.75. The topological polar surface area (TPSA) is 49.9 Å². The number of anilines is 8. The van der Waals surface area contributed by atoms with Gasteiger partial charge < -0.3 is 38.5 Å². The number of ether oxygens (including phenoxy) is 4. The summed E-state index contributed by atoms with van der Waals surface area (Å²) >= 11 is 0. The Morgan fingerprint density at radius 1 is 0.227 bits per heavy atom. The lowest BCUT2D eigenvalue weighted by Crippen LogP contribution is -2.10. The second-order valence-electron chi connectivity index (χ2n) is 16.0. The smallest absolute Gasteiger partial charge is 0.119 e. The summed E-state index contributed by atoms with van der Waals surface area (Å²) in [6, 6.07) is 68.0. The zero-order valence-corrected chi connectivity index (χ0v) is 38.9. The number of benzene rings is 8. The van der Waals surface area contributed by atoms with Crippen LogP contribution in [0.25, 0.3) is 11.1 Å². The van der Waals surface area contributed by atoms with Crippen LogP contribution >= 0.6 is 0 Å². The molecule has 0 N–H and O–H groups in total. The predicted molar refractivity (Wildman–Crippen MR) is 275 cm³/mol. The molecule has 0 aliphatic rings. The summed E-state index contributed by atoms with van der Waals surface area (Å²) in [6.07, 6.45) is 0. The highest BCUT2D eigenvalue weighted by atomic mass is 16.5. The molecule has 0 amide bonds. The first-order valence-corrected chi connectivity index (χ1v) is 21.8. The first-order valence-electron chi connectivity index (χ1n) is 21.8. The highest BCUT2D eigenvalue weighted by Crippen LogP contribution is 2.41. The number of hydrogen-bond acceptors (Lipinski definition) is 8. The Bertz CT molecular complexity index is 2450. The lowest BCUT2D eigenvalue weighted by Gasteiger charge is -2.24. The lowest BCUT2D eigenvalue weighted by atomic mass is 9.85. The fraction of sp³-hybridized carbons (Fsp3) is 0.138. The van der Waals surface area contributed by atoms with Crippen molar-refractivity contribution in [2.45, 2.75) is 0 Å². The molecule has 8 aromatic rings. The van der Waals surface area contributed by atoms with E-state index >= 15 is 0 Å². The van der Waals surface area contributed by atoms with E-state index in [-0.39, 0.29) is 0 Å². The van der Waals surface area contributed by atoms with Gasteiger partial charge in [0.2, 0.25) is 0 Å². The summed E-state index contributed by atoms with van der Waals surface area (Å²) in [5.74, 6) is 3.30. The summed E-state index contributed by atoms with van der Waals surface area (Å²) in [6.45, 7) is 0. The van der Waals surface area contributed by atoms with Gasteiger partial charge in [-0.2, -0.15) is 0 Å². The van der Waals surface area contributed by atoms with E-state index in [4.69, 9.17) is 18.9 Å². The molecule has 0 spiro atoms. The molecule has 0 aliphatic carbocycles. The van der Waals surface area contributed by atoms with Crippen LogP contribution in [0.5, 0.6) is 23.0 Å². The van der Waals surface area contributed by atoms with E-state index in [9.17, 15) is 0 Å². The van der Waals surface area contributed by atoms with Crippen LogP contribution in [0.15, 0.2) is 194 Å². The number of hydrogen-bond donors (Lipinski definition) is 0. The van der Waals surface area contributed by atoms with Gasteiger partial charge >= 0.3 is 0 Å². The van der Waals surface area contributed by atoms with Gasteiger partial charge in [0.25, 0.3) is 0 Å². The Hall–Kier alpha value is -8.10. The van der Waals surface area contributed by atoms with E-state index in [2.05, 4.69) is 193 Å². The molecule has 8 rings (SSSR count). The quantitative estimate of drug-likeness (QED) is 0.0890. The Morgan fingerprint density at radius 3 is 0.500 bits per heavy atom. The minimum absolute atomic E-state index is 0.826. The van der Waals surface area contributed by atoms with Crippen molar-refractivity contribution in [3.63, 3.8) is 0 Å². The monoisotopic (exact) mass is 872 g/mol. The van der Waals surface area contributed by atoms with E-state index < -0.39 is 0 Å². The van der Waals surface area contributed by atoms with Crippen molar-refractivity contribution >= 4 is 56.6 Å². The van der Waals surface area contributed by atoms with E-state index in [0.717, 1.165) is 102 Å². The molecule has 0 saturated carbocycles. The lowest BCUT2D eigenvalue weighted by molar-refractivity contribution is 0.414. The van der Waals surface area contributed by atoms with Gasteiger partial charge in [-0.05, 0) is 179 Å². The SMILES string of the molecule is COc1ccc(N(C)c2ccc(C(=C(c3ccc(N(C)c4ccc(OC)cc4)cc3)c3ccc(N(C)c4ccc(OC)cc4)cc3)c3ccc(N(C)c4ccc(OC)cc4)cc3)cc2)cc1. The van der Waals surface area contributed by atoms with Gasteiger partial charge in [-0.25, -0.2) is 0 Å². The molecule has 0 atom stereocenters. The molecule has 0 radical (unpaired) electrons. The van der Waals surface area contributed by atoms with Crippen molar-refractivity contribution in [3.8, 4) is 23.0 Å². The summed E-state index contributed by atoms with van der Waals surface area (Å²) < 4.78 is 21.7. The van der Waals surface area contributed by atoms with Gasteiger partial charge in [0.05, 0.1) is 28.4 Å². The first kappa shape index (κ1) is 44.5. The molecular weight excluding hydrogens is 817 g/mol. The molecule has 8 heteroatoms. The minimum atomic E-state index is 0.826. The third-order valence-corrected chi connectivity index (χ3v) is 12.3. The standard InChI is InChI=1S/C58H56N4O4/c1-59(49-25-33-53(63-5)34-26-49)45-17-9-41(10-18-45)57(42-11-19-46(20-12-42)60(2)50-27-35-54(64-6)36-28-50)58(43-13-21-47(22-14-43)61(3)51-29-37-55(65-7)38-30-51)44-15-23-48(24-16-44)62(4)52-31-39-56(66-8)40-32-52/h9-40H,1-8H3. The van der Waals surface area contributed by atoms with E-state index in [0.29, 0.717) is 0 Å². The fourth-order valence-corrected chi connectivity index (χ4v) is 8.14. The normalized spacial score (nSPS) is 10.7. The molecule has 66 heavy (non-hydrogen) atoms. The van der Waals surface area contributed by atoms with Crippen molar-refractivity contribution in [2.24, 2.45) is 0 Å². The Labute approximate surface area is 389 Å². The maximum Gasteiger partial charge on any atom is 0.119 e. The summed E-state index contributed by atoms with van der Waals surface area (Å²) in [5.41, 5.74) is 15.1. The molecule has 0 aromatic heterocycles. The molecule has 8 nitrogen and oxygen atoms in total. The van der Waals surface area contributed by atoms with Crippen molar-refractivity contribution in [1.29, 1.82) is 0 Å². The third kappa shape index (κ3) is 9.68. The molecule has 0 fully saturated rings. The van der Waals surface area contributed by atoms with Crippen molar-refractivity contribution in [2.75, 3.05) is 76.2 Å². The Balaban J connectivity index is 1.26. The van der Waals surface area contributed by atoms with Gasteiger partial charge in [0, 0.05) is 73.7 Å². The predicted octanol–water partition coefficient (Wildman–Crippen LogP) is 13.8. The average molecular weight is 873 g/mol. The van der Waals surface area contributed by atoms with Crippen molar-refractivity contribution < 1.29 is 18.9 Å². The molecule has 332 valence electrons. The highest BCUT2D eigenvalue weighted by Gasteiger charge is 2.19. The molecule has 0 heterocycles. The number of rotatable bonds is 16. The van der Waals surface area contributed by atoms with Crippen LogP contribution < -0.4 is 38.5 Å². The zero-order chi connectivity index (χ0) is 46.2. The highest BCUT2D eigenvalue weighted by molar-refractivity contribution is 6.05. The molecule has 0 unspecified atom stereocenters. The molecule has 0 aliphatic heterocycles. The largest absolute Gasteiger partial charge is 0.497 e. The van der Waals surface area contributed by atoms with Gasteiger partial charge in [0.15, 0.2) is 0 Å². The van der Waals surface area contributed by atoms with Crippen LogP contribution in [0.4, 0.5) is 45.5 Å². The average Bonchev–Trinajstić information content (AvgIpc) is 3.39. The van der Waals surface area contributed by atoms with Gasteiger partial charge in [-0.3, -0.25) is 0 Å². The van der Waals surface area contributed by atoms with Gasteiger partial charge in [0.1, 0.15) is 23.0 Å². The van der Waals surface area contributed by atoms with Crippen LogP contribution in [0, 0.1) is 0 Å². The Kier molecular flexibility index (Phi) is 13.6. The van der Waals surface area contributed by atoms with Crippen molar-refractivity contribution in [1.82, 2.24) is 0 Å². The molecular formula is C58H56N4O4. The van der Waals surface area contributed by atoms with Crippen LogP contribution in [-0.4, -0.2) is 56.6 Å². The first-order chi connectivity index (χ1) is 32.2. The van der Waals surface area contributed by atoms with Crippen molar-refractivity contribution in [3.05, 3.63) is 216 Å².